The first kappa shape index (κ1) is 29.6. The second-order valence-corrected chi connectivity index (χ2v) is 10.3. The number of carbonyl (C=O) groups excluding carboxylic acids is 1. The lowest BCUT2D eigenvalue weighted by Gasteiger charge is -2.13. The Morgan fingerprint density at radius 1 is 1.06 bits per heavy atom. The Hall–Kier alpha value is -2.61. The number of aromatic nitrogens is 1. The Labute approximate surface area is 227 Å². The van der Waals surface area contributed by atoms with Crippen LogP contribution in [0, 0.1) is 11.8 Å². The molecule has 6 nitrogen and oxygen atoms in total. The molecule has 0 saturated carbocycles. The molecule has 1 amide bonds. The van der Waals surface area contributed by atoms with Crippen molar-refractivity contribution in [2.24, 2.45) is 11.8 Å². The summed E-state index contributed by atoms with van der Waals surface area (Å²) in [5, 5.41) is 17.2. The van der Waals surface area contributed by atoms with Crippen molar-refractivity contribution in [1.29, 1.82) is 0 Å². The van der Waals surface area contributed by atoms with Crippen LogP contribution in [-0.4, -0.2) is 35.6 Å². The first-order valence-electron chi connectivity index (χ1n) is 11.9. The molecular formula is C27H33Cl2N3O3S. The van der Waals surface area contributed by atoms with Crippen molar-refractivity contribution in [3.63, 3.8) is 0 Å². The number of rotatable bonds is 10. The number of nitrogens with one attached hydrogen (secondary N) is 2. The van der Waals surface area contributed by atoms with Gasteiger partial charge in [-0.15, -0.1) is 11.3 Å². The molecule has 0 radical (unpaired) electrons. The highest BCUT2D eigenvalue weighted by atomic mass is 35.5. The van der Waals surface area contributed by atoms with E-state index in [1.54, 1.807) is 37.4 Å². The van der Waals surface area contributed by atoms with E-state index in [4.69, 9.17) is 28.2 Å². The molecule has 2 aromatic carbocycles. The molecule has 0 aliphatic rings. The Morgan fingerprint density at radius 2 is 1.78 bits per heavy atom. The molecule has 3 N–H and O–H groups in total. The maximum atomic E-state index is 11.9. The van der Waals surface area contributed by atoms with Crippen LogP contribution in [0.4, 0.5) is 5.13 Å². The van der Waals surface area contributed by atoms with Crippen LogP contribution in [0.15, 0.2) is 42.5 Å². The molecule has 0 aliphatic heterocycles. The predicted octanol–water partition coefficient (Wildman–Crippen LogP) is 7.06. The lowest BCUT2D eigenvalue weighted by atomic mass is 9.98. The molecule has 1 atom stereocenters. The van der Waals surface area contributed by atoms with Gasteiger partial charge in [0.05, 0.1) is 21.7 Å². The topological polar surface area (TPSA) is 91.3 Å². The Balaban J connectivity index is 0.00000222. The molecule has 0 aliphatic carbocycles. The summed E-state index contributed by atoms with van der Waals surface area (Å²) < 4.78 is 0. The number of hydrogen-bond acceptors (Lipinski definition) is 5. The molecule has 0 spiro atoms. The van der Waals surface area contributed by atoms with E-state index in [-0.39, 0.29) is 18.9 Å². The van der Waals surface area contributed by atoms with Crippen molar-refractivity contribution in [3.05, 3.63) is 68.5 Å². The molecule has 3 rings (SSSR count). The summed E-state index contributed by atoms with van der Waals surface area (Å²) in [5.41, 5.74) is 2.98. The molecule has 1 unspecified atom stereocenters. The van der Waals surface area contributed by atoms with Crippen molar-refractivity contribution in [2.75, 3.05) is 18.9 Å². The highest BCUT2D eigenvalue weighted by Gasteiger charge is 2.21. The minimum absolute atomic E-state index is 0.203. The molecule has 0 saturated heterocycles. The Morgan fingerprint density at radius 3 is 2.39 bits per heavy atom. The van der Waals surface area contributed by atoms with E-state index in [9.17, 15) is 14.7 Å². The van der Waals surface area contributed by atoms with E-state index < -0.39 is 11.9 Å². The summed E-state index contributed by atoms with van der Waals surface area (Å²) in [4.78, 5) is 29.7. The SMILES string of the molecule is CC.CNC(=O)c1cccc(CC(CNc2nc(-c3ccc(Cl)c(Cl)c3)c(CC(C)C)s2)C(=O)O)c1. The lowest BCUT2D eigenvalue weighted by Crippen LogP contribution is -2.25. The summed E-state index contributed by atoms with van der Waals surface area (Å²) in [5.74, 6) is -1.39. The number of nitrogens with zero attached hydrogens (tertiary/aromatic N) is 1. The van der Waals surface area contributed by atoms with Crippen LogP contribution in [0.25, 0.3) is 11.3 Å². The molecule has 0 fully saturated rings. The van der Waals surface area contributed by atoms with Gasteiger partial charge in [-0.25, -0.2) is 4.98 Å². The second-order valence-electron chi connectivity index (χ2n) is 8.42. The third-order valence-electron chi connectivity index (χ3n) is 5.23. The summed E-state index contributed by atoms with van der Waals surface area (Å²) >= 11 is 13.8. The average Bonchev–Trinajstić information content (AvgIpc) is 3.25. The van der Waals surface area contributed by atoms with Crippen molar-refractivity contribution in [1.82, 2.24) is 10.3 Å². The number of amides is 1. The van der Waals surface area contributed by atoms with Crippen molar-refractivity contribution >= 4 is 51.5 Å². The van der Waals surface area contributed by atoms with Crippen molar-refractivity contribution in [2.45, 2.75) is 40.5 Å². The Bertz CT molecular complexity index is 1180. The first-order chi connectivity index (χ1) is 17.2. The van der Waals surface area contributed by atoms with Crippen LogP contribution in [0.5, 0.6) is 0 Å². The minimum Gasteiger partial charge on any atom is -0.481 e. The van der Waals surface area contributed by atoms with E-state index in [0.29, 0.717) is 26.7 Å². The highest BCUT2D eigenvalue weighted by molar-refractivity contribution is 7.16. The van der Waals surface area contributed by atoms with Gasteiger partial charge in [-0.1, -0.05) is 69.1 Å². The number of aliphatic carboxylic acids is 1. The highest BCUT2D eigenvalue weighted by Crippen LogP contribution is 2.35. The standard InChI is InChI=1S/C25H27Cl2N3O3S.C2H6/c1-14(2)9-21-22(16-7-8-19(26)20(27)12-16)30-25(34-21)29-13-18(24(32)33)11-15-5-4-6-17(10-15)23(31)28-3;1-2/h4-8,10,12,14,18H,9,11,13H2,1-3H3,(H,28,31)(H,29,30)(H,32,33);1-2H3. The fraction of sp³-hybridized carbons (Fsp3) is 0.370. The molecule has 9 heteroatoms. The number of benzene rings is 2. The fourth-order valence-corrected chi connectivity index (χ4v) is 5.03. The van der Waals surface area contributed by atoms with Gasteiger partial charge in [0.25, 0.3) is 5.91 Å². The predicted molar refractivity (Wildman–Crippen MR) is 151 cm³/mol. The van der Waals surface area contributed by atoms with Crippen LogP contribution in [0.1, 0.15) is 48.5 Å². The third kappa shape index (κ3) is 8.22. The quantitative estimate of drug-likeness (QED) is 0.252. The number of anilines is 1. The van der Waals surface area contributed by atoms with Crippen LogP contribution in [-0.2, 0) is 17.6 Å². The number of thiazole rings is 1. The van der Waals surface area contributed by atoms with Crippen molar-refractivity contribution in [3.8, 4) is 11.3 Å². The molecule has 36 heavy (non-hydrogen) atoms. The van der Waals surface area contributed by atoms with E-state index in [1.165, 1.54) is 11.3 Å². The average molecular weight is 551 g/mol. The van der Waals surface area contributed by atoms with E-state index in [0.717, 1.165) is 28.1 Å². The van der Waals surface area contributed by atoms with Crippen LogP contribution < -0.4 is 10.6 Å². The van der Waals surface area contributed by atoms with Crippen LogP contribution in [0.2, 0.25) is 10.0 Å². The second kappa shape index (κ2) is 14.2. The molecule has 1 aromatic heterocycles. The molecule has 1 heterocycles. The van der Waals surface area contributed by atoms with Crippen LogP contribution >= 0.6 is 34.5 Å². The van der Waals surface area contributed by atoms with E-state index in [1.807, 2.05) is 26.0 Å². The minimum atomic E-state index is -0.915. The van der Waals surface area contributed by atoms with Gasteiger partial charge in [-0.2, -0.15) is 0 Å². The number of halogens is 2. The van der Waals surface area contributed by atoms with Gasteiger partial charge in [0.15, 0.2) is 5.13 Å². The zero-order chi connectivity index (χ0) is 26.8. The zero-order valence-corrected chi connectivity index (χ0v) is 23.5. The number of carboxylic acid groups (broad SMARTS) is 1. The number of carbonyl (C=O) groups is 2. The van der Waals surface area contributed by atoms with Gasteiger partial charge in [0, 0.05) is 29.6 Å². The fourth-order valence-electron chi connectivity index (χ4n) is 3.53. The number of hydrogen-bond donors (Lipinski definition) is 3. The molecular weight excluding hydrogens is 517 g/mol. The first-order valence-corrected chi connectivity index (χ1v) is 13.5. The van der Waals surface area contributed by atoms with Gasteiger partial charge in [0.1, 0.15) is 0 Å². The van der Waals surface area contributed by atoms with Gasteiger partial charge >= 0.3 is 5.97 Å². The molecule has 194 valence electrons. The smallest absolute Gasteiger partial charge is 0.308 e. The maximum Gasteiger partial charge on any atom is 0.308 e. The van der Waals surface area contributed by atoms with Crippen molar-refractivity contribution < 1.29 is 14.7 Å². The summed E-state index contributed by atoms with van der Waals surface area (Å²) in [7, 11) is 1.56. The van der Waals surface area contributed by atoms with E-state index in [2.05, 4.69) is 24.5 Å². The number of carboxylic acids is 1. The summed E-state index contributed by atoms with van der Waals surface area (Å²) in [6.07, 6.45) is 1.13. The summed E-state index contributed by atoms with van der Waals surface area (Å²) in [6.45, 7) is 8.48. The normalized spacial score (nSPS) is 11.4. The monoisotopic (exact) mass is 549 g/mol. The maximum absolute atomic E-state index is 11.9. The van der Waals surface area contributed by atoms with Gasteiger partial charge in [-0.3, -0.25) is 9.59 Å². The largest absolute Gasteiger partial charge is 0.481 e. The summed E-state index contributed by atoms with van der Waals surface area (Å²) in [6, 6.07) is 12.4. The zero-order valence-electron chi connectivity index (χ0n) is 21.2. The van der Waals surface area contributed by atoms with E-state index >= 15 is 0 Å². The molecule has 0 bridgehead atoms. The third-order valence-corrected chi connectivity index (χ3v) is 7.01. The Kier molecular flexibility index (Phi) is 11.7. The lowest BCUT2D eigenvalue weighted by molar-refractivity contribution is -0.141. The molecule has 3 aromatic rings. The van der Waals surface area contributed by atoms with Crippen LogP contribution in [0.3, 0.4) is 0 Å². The van der Waals surface area contributed by atoms with Gasteiger partial charge in [-0.05, 0) is 48.6 Å². The van der Waals surface area contributed by atoms with Gasteiger partial charge in [0.2, 0.25) is 0 Å². The van der Waals surface area contributed by atoms with Gasteiger partial charge < -0.3 is 15.7 Å².